The second kappa shape index (κ2) is 8.96. The van der Waals surface area contributed by atoms with Crippen LogP contribution >= 0.6 is 11.8 Å². The summed E-state index contributed by atoms with van der Waals surface area (Å²) in [6.07, 6.45) is 5.14. The number of nitrogens with zero attached hydrogens (tertiary/aromatic N) is 3. The molecule has 1 N–H and O–H groups in total. The zero-order valence-electron chi connectivity index (χ0n) is 18.7. The molecular weight excluding hydrogens is 408 g/mol. The van der Waals surface area contributed by atoms with Gasteiger partial charge in [0, 0.05) is 22.5 Å². The number of fused-ring (bicyclic) bond motifs is 1. The molecule has 0 aliphatic carbocycles. The maximum absolute atomic E-state index is 12.4. The smallest absolute Gasteiger partial charge is 0.293 e. The van der Waals surface area contributed by atoms with Crippen LogP contribution in [0.15, 0.2) is 22.8 Å². The van der Waals surface area contributed by atoms with Gasteiger partial charge in [0.25, 0.3) is 5.82 Å². The normalized spacial score (nSPS) is 17.9. The number of aromatic amines is 1. The van der Waals surface area contributed by atoms with Crippen molar-refractivity contribution in [3.8, 4) is 17.5 Å². The van der Waals surface area contributed by atoms with Crippen molar-refractivity contribution in [3.63, 3.8) is 0 Å². The topological polar surface area (TPSA) is 74.6 Å². The summed E-state index contributed by atoms with van der Waals surface area (Å²) in [5.41, 5.74) is 4.02. The number of carbonyl (C=O) groups excluding carboxylic acids is 1. The van der Waals surface area contributed by atoms with Crippen molar-refractivity contribution in [3.05, 3.63) is 35.1 Å². The van der Waals surface area contributed by atoms with E-state index in [2.05, 4.69) is 36.7 Å². The molecule has 0 unspecified atom stereocenters. The maximum atomic E-state index is 12.4. The molecule has 6 nitrogen and oxygen atoms in total. The molecule has 2 aromatic heterocycles. The number of nitriles is 1. The second-order valence-electron chi connectivity index (χ2n) is 8.97. The van der Waals surface area contributed by atoms with Crippen molar-refractivity contribution in [2.24, 2.45) is 0 Å². The Bertz CT molecular complexity index is 986. The first-order valence-electron chi connectivity index (χ1n) is 11.1. The molecule has 4 rings (SSSR count). The van der Waals surface area contributed by atoms with Crippen LogP contribution in [-0.2, 0) is 17.0 Å². The van der Waals surface area contributed by atoms with Crippen molar-refractivity contribution in [2.75, 3.05) is 31.1 Å². The summed E-state index contributed by atoms with van der Waals surface area (Å²) in [7, 11) is 0. The molecule has 1 fully saturated rings. The van der Waals surface area contributed by atoms with Crippen molar-refractivity contribution >= 4 is 23.5 Å². The number of aromatic nitrogens is 1. The summed E-state index contributed by atoms with van der Waals surface area (Å²) in [4.78, 5) is 20.2. The van der Waals surface area contributed by atoms with Crippen molar-refractivity contribution < 1.29 is 14.2 Å². The summed E-state index contributed by atoms with van der Waals surface area (Å²) in [5, 5.41) is 10.1. The molecule has 164 valence electrons. The van der Waals surface area contributed by atoms with E-state index in [0.717, 1.165) is 66.5 Å². The summed E-state index contributed by atoms with van der Waals surface area (Å²) < 4.78 is 5.83. The fourth-order valence-electron chi connectivity index (χ4n) is 4.45. The molecule has 2 aliphatic heterocycles. The SMILES string of the molecule is CCCCC(=O)N1CCN(c2[nH+]c(-c3ccco3)c3c(c2C#N)CC(C)(C)SC3)CC1. The third kappa shape index (κ3) is 4.45. The van der Waals surface area contributed by atoms with Crippen LogP contribution in [0, 0.1) is 11.3 Å². The van der Waals surface area contributed by atoms with Crippen LogP contribution < -0.4 is 9.88 Å². The molecule has 1 amide bonds. The van der Waals surface area contributed by atoms with Crippen LogP contribution in [0.5, 0.6) is 0 Å². The van der Waals surface area contributed by atoms with Crippen molar-refractivity contribution in [1.29, 1.82) is 5.26 Å². The molecular formula is C24H31N4O2S+. The Hall–Kier alpha value is -2.46. The number of furan rings is 1. The van der Waals surface area contributed by atoms with Crippen molar-refractivity contribution in [1.82, 2.24) is 4.90 Å². The van der Waals surface area contributed by atoms with Gasteiger partial charge in [0.1, 0.15) is 24.7 Å². The van der Waals surface area contributed by atoms with E-state index in [0.29, 0.717) is 19.5 Å². The molecule has 7 heteroatoms. The van der Waals surface area contributed by atoms with E-state index in [1.165, 1.54) is 5.56 Å². The lowest BCUT2D eigenvalue weighted by Gasteiger charge is -2.34. The van der Waals surface area contributed by atoms with Gasteiger partial charge in [-0.05, 0) is 30.5 Å². The number of pyridine rings is 1. The summed E-state index contributed by atoms with van der Waals surface area (Å²) in [6.45, 7) is 9.41. The first-order chi connectivity index (χ1) is 14.9. The zero-order chi connectivity index (χ0) is 22.0. The Kier molecular flexibility index (Phi) is 6.29. The fourth-order valence-corrected chi connectivity index (χ4v) is 5.55. The minimum absolute atomic E-state index is 0.0854. The average Bonchev–Trinajstić information content (AvgIpc) is 3.30. The number of anilines is 1. The third-order valence-corrected chi connectivity index (χ3v) is 7.59. The lowest BCUT2D eigenvalue weighted by Crippen LogP contribution is -2.50. The lowest BCUT2D eigenvalue weighted by molar-refractivity contribution is -0.353. The number of hydrogen-bond donors (Lipinski definition) is 0. The molecule has 0 bridgehead atoms. The van der Waals surface area contributed by atoms with Gasteiger partial charge in [-0.25, -0.2) is 4.98 Å². The van der Waals surface area contributed by atoms with E-state index in [1.807, 2.05) is 28.8 Å². The van der Waals surface area contributed by atoms with Crippen LogP contribution in [0.4, 0.5) is 5.82 Å². The van der Waals surface area contributed by atoms with Crippen LogP contribution in [0.2, 0.25) is 0 Å². The molecule has 0 saturated carbocycles. The Morgan fingerprint density at radius 1 is 1.29 bits per heavy atom. The highest BCUT2D eigenvalue weighted by molar-refractivity contribution is 7.99. The molecule has 1 saturated heterocycles. The second-order valence-corrected chi connectivity index (χ2v) is 10.6. The standard InChI is InChI=1S/C24H30N4O2S/c1-4-5-8-21(29)27-9-11-28(12-10-27)23-18(15-25)17-14-24(2,3)31-16-19(17)22(26-23)20-7-6-13-30-20/h6-7,13H,4-5,8-12,14,16H2,1-3H3/p+1. The summed E-state index contributed by atoms with van der Waals surface area (Å²) >= 11 is 1.92. The van der Waals surface area contributed by atoms with Crippen LogP contribution in [0.25, 0.3) is 11.5 Å². The highest BCUT2D eigenvalue weighted by Gasteiger charge is 2.37. The number of carbonyl (C=O) groups is 1. The maximum Gasteiger partial charge on any atom is 0.293 e. The predicted octanol–water partition coefficient (Wildman–Crippen LogP) is 4.04. The largest absolute Gasteiger partial charge is 0.461 e. The highest BCUT2D eigenvalue weighted by Crippen LogP contribution is 2.43. The Labute approximate surface area is 188 Å². The number of thioether (sulfide) groups is 1. The minimum atomic E-state index is 0.0854. The Balaban J connectivity index is 1.68. The third-order valence-electron chi connectivity index (χ3n) is 6.23. The highest BCUT2D eigenvalue weighted by atomic mass is 32.2. The number of nitrogens with one attached hydrogen (secondary N) is 1. The molecule has 0 radical (unpaired) electrons. The zero-order valence-corrected chi connectivity index (χ0v) is 19.5. The number of amides is 1. The van der Waals surface area contributed by atoms with Crippen LogP contribution in [-0.4, -0.2) is 41.7 Å². The van der Waals surface area contributed by atoms with Gasteiger partial charge in [0.2, 0.25) is 5.91 Å². The molecule has 4 heterocycles. The molecule has 0 aromatic carbocycles. The predicted molar refractivity (Wildman–Crippen MR) is 123 cm³/mol. The number of rotatable bonds is 5. The van der Waals surface area contributed by atoms with Gasteiger partial charge in [-0.1, -0.05) is 27.2 Å². The van der Waals surface area contributed by atoms with E-state index in [1.54, 1.807) is 6.26 Å². The molecule has 31 heavy (non-hydrogen) atoms. The fraction of sp³-hybridized carbons (Fsp3) is 0.542. The molecule has 2 aliphatic rings. The van der Waals surface area contributed by atoms with E-state index in [-0.39, 0.29) is 10.7 Å². The van der Waals surface area contributed by atoms with Crippen LogP contribution in [0.1, 0.15) is 56.7 Å². The molecule has 2 aromatic rings. The monoisotopic (exact) mass is 439 g/mol. The summed E-state index contributed by atoms with van der Waals surface area (Å²) in [6, 6.07) is 6.37. The van der Waals surface area contributed by atoms with Gasteiger partial charge in [-0.3, -0.25) is 9.69 Å². The lowest BCUT2D eigenvalue weighted by atomic mass is 9.91. The van der Waals surface area contributed by atoms with Crippen LogP contribution in [0.3, 0.4) is 0 Å². The van der Waals surface area contributed by atoms with Gasteiger partial charge >= 0.3 is 0 Å². The van der Waals surface area contributed by atoms with Gasteiger partial charge in [-0.2, -0.15) is 17.0 Å². The summed E-state index contributed by atoms with van der Waals surface area (Å²) in [5.74, 6) is 2.75. The quantitative estimate of drug-likeness (QED) is 0.703. The molecule has 0 spiro atoms. The number of piperazine rings is 1. The Morgan fingerprint density at radius 3 is 2.71 bits per heavy atom. The number of hydrogen-bond acceptors (Lipinski definition) is 5. The van der Waals surface area contributed by atoms with Gasteiger partial charge in [0.15, 0.2) is 11.5 Å². The molecule has 0 atom stereocenters. The van der Waals surface area contributed by atoms with E-state index in [9.17, 15) is 10.1 Å². The van der Waals surface area contributed by atoms with Crippen molar-refractivity contribution in [2.45, 2.75) is 57.0 Å². The average molecular weight is 440 g/mol. The van der Waals surface area contributed by atoms with E-state index >= 15 is 0 Å². The minimum Gasteiger partial charge on any atom is -0.461 e. The number of H-pyrrole nitrogens is 1. The first-order valence-corrected chi connectivity index (χ1v) is 12.1. The van der Waals surface area contributed by atoms with E-state index in [4.69, 9.17) is 4.42 Å². The number of unbranched alkanes of at least 4 members (excludes halogenated alkanes) is 1. The Morgan fingerprint density at radius 2 is 2.06 bits per heavy atom. The van der Waals surface area contributed by atoms with E-state index < -0.39 is 0 Å². The van der Waals surface area contributed by atoms with Gasteiger partial charge < -0.3 is 9.32 Å². The first kappa shape index (κ1) is 21.8. The van der Waals surface area contributed by atoms with Gasteiger partial charge in [0.05, 0.1) is 19.4 Å². The van der Waals surface area contributed by atoms with Gasteiger partial charge in [-0.15, -0.1) is 0 Å².